The van der Waals surface area contributed by atoms with Crippen LogP contribution in [0.3, 0.4) is 0 Å². The van der Waals surface area contributed by atoms with E-state index in [9.17, 15) is 4.79 Å². The molecule has 0 saturated carbocycles. The van der Waals surface area contributed by atoms with Crippen LogP contribution in [-0.4, -0.2) is 34.4 Å². The fourth-order valence-electron chi connectivity index (χ4n) is 1.88. The van der Waals surface area contributed by atoms with E-state index in [4.69, 9.17) is 5.11 Å². The largest absolute Gasteiger partial charge is 0.481 e. The van der Waals surface area contributed by atoms with Gasteiger partial charge in [-0.15, -0.1) is 0 Å². The van der Waals surface area contributed by atoms with Crippen LogP contribution in [0.15, 0.2) is 6.07 Å². The first kappa shape index (κ1) is 9.21. The van der Waals surface area contributed by atoms with Gasteiger partial charge < -0.3 is 10.4 Å². The Morgan fingerprint density at radius 2 is 2.43 bits per heavy atom. The van der Waals surface area contributed by atoms with Crippen molar-refractivity contribution in [3.63, 3.8) is 0 Å². The van der Waals surface area contributed by atoms with Gasteiger partial charge in [0.2, 0.25) is 0 Å². The molecule has 5 nitrogen and oxygen atoms in total. The normalized spacial score (nSPS) is 26.6. The molecule has 1 aromatic rings. The summed E-state index contributed by atoms with van der Waals surface area (Å²) < 4.78 is 0. The molecule has 1 saturated heterocycles. The highest BCUT2D eigenvalue weighted by atomic mass is 16.4. The number of carboxylic acids is 1. The van der Waals surface area contributed by atoms with Crippen LogP contribution in [0, 0.1) is 12.8 Å². The first-order valence-electron chi connectivity index (χ1n) is 4.64. The number of carboxylic acid groups (broad SMARTS) is 1. The first-order chi connectivity index (χ1) is 6.68. The molecule has 1 fully saturated rings. The molecule has 2 heterocycles. The van der Waals surface area contributed by atoms with Crippen LogP contribution < -0.4 is 5.32 Å². The number of aryl methyl sites for hydroxylation is 1. The number of aromatic nitrogens is 2. The third kappa shape index (κ3) is 1.50. The van der Waals surface area contributed by atoms with Gasteiger partial charge in [-0.05, 0) is 13.0 Å². The zero-order valence-electron chi connectivity index (χ0n) is 7.95. The van der Waals surface area contributed by atoms with E-state index in [1.54, 1.807) is 0 Å². The summed E-state index contributed by atoms with van der Waals surface area (Å²) in [6.45, 7) is 3.14. The van der Waals surface area contributed by atoms with Gasteiger partial charge in [0.15, 0.2) is 0 Å². The predicted molar refractivity (Wildman–Crippen MR) is 50.1 cm³/mol. The Morgan fingerprint density at radius 3 is 3.00 bits per heavy atom. The van der Waals surface area contributed by atoms with Gasteiger partial charge in [-0.1, -0.05) is 0 Å². The highest BCUT2D eigenvalue weighted by molar-refractivity contribution is 5.72. The Hall–Kier alpha value is -1.36. The average molecular weight is 195 g/mol. The van der Waals surface area contributed by atoms with E-state index in [0.717, 1.165) is 11.4 Å². The van der Waals surface area contributed by atoms with Crippen LogP contribution >= 0.6 is 0 Å². The van der Waals surface area contributed by atoms with E-state index in [1.807, 2.05) is 13.0 Å². The molecule has 0 aromatic carbocycles. The number of nitrogens with one attached hydrogen (secondary N) is 2. The molecule has 0 bridgehead atoms. The molecule has 1 aliphatic heterocycles. The van der Waals surface area contributed by atoms with Crippen LogP contribution in [0.25, 0.3) is 0 Å². The molecule has 14 heavy (non-hydrogen) atoms. The van der Waals surface area contributed by atoms with Gasteiger partial charge >= 0.3 is 5.97 Å². The molecule has 2 unspecified atom stereocenters. The average Bonchev–Trinajstić information content (AvgIpc) is 2.70. The van der Waals surface area contributed by atoms with Gasteiger partial charge in [-0.3, -0.25) is 9.89 Å². The van der Waals surface area contributed by atoms with Crippen LogP contribution in [0.4, 0.5) is 0 Å². The number of rotatable bonds is 2. The standard InChI is InChI=1S/C9H13N3O2/c1-5-2-8(12-11-5)6-3-10-4-7(6)9(13)14/h2,6-7,10H,3-4H2,1H3,(H,11,12)(H,13,14). The molecule has 0 radical (unpaired) electrons. The fourth-order valence-corrected chi connectivity index (χ4v) is 1.88. The molecule has 0 amide bonds. The Kier molecular flexibility index (Phi) is 2.25. The Labute approximate surface area is 81.5 Å². The van der Waals surface area contributed by atoms with E-state index < -0.39 is 5.97 Å². The lowest BCUT2D eigenvalue weighted by atomic mass is 9.93. The molecule has 2 rings (SSSR count). The SMILES string of the molecule is Cc1cc(C2CNCC2C(=O)O)n[nH]1. The maximum atomic E-state index is 10.9. The maximum absolute atomic E-state index is 10.9. The van der Waals surface area contributed by atoms with E-state index >= 15 is 0 Å². The quantitative estimate of drug-likeness (QED) is 0.625. The van der Waals surface area contributed by atoms with Gasteiger partial charge in [0.25, 0.3) is 0 Å². The number of aromatic amines is 1. The summed E-state index contributed by atoms with van der Waals surface area (Å²) in [5, 5.41) is 19.0. The second kappa shape index (κ2) is 3.42. The number of H-pyrrole nitrogens is 1. The molecule has 76 valence electrons. The van der Waals surface area contributed by atoms with Gasteiger partial charge in [0.1, 0.15) is 0 Å². The van der Waals surface area contributed by atoms with Gasteiger partial charge in [0.05, 0.1) is 11.6 Å². The second-order valence-electron chi connectivity index (χ2n) is 3.69. The zero-order valence-corrected chi connectivity index (χ0v) is 7.95. The lowest BCUT2D eigenvalue weighted by Gasteiger charge is -2.10. The molecule has 1 aliphatic rings. The lowest BCUT2D eigenvalue weighted by Crippen LogP contribution is -2.21. The van der Waals surface area contributed by atoms with Crippen molar-refractivity contribution in [1.82, 2.24) is 15.5 Å². The highest BCUT2D eigenvalue weighted by Gasteiger charge is 2.35. The number of hydrogen-bond acceptors (Lipinski definition) is 3. The minimum Gasteiger partial charge on any atom is -0.481 e. The third-order valence-electron chi connectivity index (χ3n) is 2.64. The van der Waals surface area contributed by atoms with E-state index in [2.05, 4.69) is 15.5 Å². The number of hydrogen-bond donors (Lipinski definition) is 3. The van der Waals surface area contributed by atoms with Gasteiger partial charge in [-0.25, -0.2) is 0 Å². The molecule has 1 aromatic heterocycles. The summed E-state index contributed by atoms with van der Waals surface area (Å²) in [6, 6.07) is 1.91. The summed E-state index contributed by atoms with van der Waals surface area (Å²) in [4.78, 5) is 10.9. The summed E-state index contributed by atoms with van der Waals surface area (Å²) >= 11 is 0. The Bertz CT molecular complexity index is 348. The molecular formula is C9H13N3O2. The Morgan fingerprint density at radius 1 is 1.64 bits per heavy atom. The van der Waals surface area contributed by atoms with Gasteiger partial charge in [0, 0.05) is 24.7 Å². The number of carbonyl (C=O) groups is 1. The summed E-state index contributed by atoms with van der Waals surface area (Å²) in [7, 11) is 0. The summed E-state index contributed by atoms with van der Waals surface area (Å²) in [5.74, 6) is -1.10. The molecule has 3 N–H and O–H groups in total. The van der Waals surface area contributed by atoms with Crippen molar-refractivity contribution in [2.75, 3.05) is 13.1 Å². The fraction of sp³-hybridized carbons (Fsp3) is 0.556. The van der Waals surface area contributed by atoms with Gasteiger partial charge in [-0.2, -0.15) is 5.10 Å². The maximum Gasteiger partial charge on any atom is 0.308 e. The molecule has 5 heteroatoms. The summed E-state index contributed by atoms with van der Waals surface area (Å²) in [5.41, 5.74) is 1.82. The van der Waals surface area contributed by atoms with E-state index in [1.165, 1.54) is 0 Å². The first-order valence-corrected chi connectivity index (χ1v) is 4.64. The van der Waals surface area contributed by atoms with Crippen LogP contribution in [0.5, 0.6) is 0 Å². The molecule has 2 atom stereocenters. The number of aliphatic carboxylic acids is 1. The molecular weight excluding hydrogens is 182 g/mol. The number of nitrogens with zero attached hydrogens (tertiary/aromatic N) is 1. The molecule has 0 aliphatic carbocycles. The smallest absolute Gasteiger partial charge is 0.308 e. The van der Waals surface area contributed by atoms with Crippen molar-refractivity contribution in [1.29, 1.82) is 0 Å². The van der Waals surface area contributed by atoms with Crippen molar-refractivity contribution in [3.05, 3.63) is 17.5 Å². The van der Waals surface area contributed by atoms with E-state index in [-0.39, 0.29) is 11.8 Å². The van der Waals surface area contributed by atoms with Crippen molar-refractivity contribution in [2.24, 2.45) is 5.92 Å². The third-order valence-corrected chi connectivity index (χ3v) is 2.64. The van der Waals surface area contributed by atoms with Crippen molar-refractivity contribution in [2.45, 2.75) is 12.8 Å². The summed E-state index contributed by atoms with van der Waals surface area (Å²) in [6.07, 6.45) is 0. The predicted octanol–water partition coefficient (Wildman–Crippen LogP) is 0.106. The van der Waals surface area contributed by atoms with Crippen molar-refractivity contribution in [3.8, 4) is 0 Å². The lowest BCUT2D eigenvalue weighted by molar-refractivity contribution is -0.141. The van der Waals surface area contributed by atoms with Crippen molar-refractivity contribution >= 4 is 5.97 Å². The van der Waals surface area contributed by atoms with Crippen LogP contribution in [0.1, 0.15) is 17.3 Å². The second-order valence-corrected chi connectivity index (χ2v) is 3.69. The van der Waals surface area contributed by atoms with E-state index in [0.29, 0.717) is 13.1 Å². The minimum absolute atomic E-state index is 0.00236. The Balaban J connectivity index is 2.21. The van der Waals surface area contributed by atoms with Crippen LogP contribution in [0.2, 0.25) is 0 Å². The topological polar surface area (TPSA) is 78.0 Å². The highest BCUT2D eigenvalue weighted by Crippen LogP contribution is 2.26. The minimum atomic E-state index is -0.749. The molecule has 0 spiro atoms. The van der Waals surface area contributed by atoms with Crippen LogP contribution in [-0.2, 0) is 4.79 Å². The van der Waals surface area contributed by atoms with Crippen molar-refractivity contribution < 1.29 is 9.90 Å². The zero-order chi connectivity index (χ0) is 10.1. The monoisotopic (exact) mass is 195 g/mol.